The zero-order valence-electron chi connectivity index (χ0n) is 8.53. The number of aryl methyl sites for hydroxylation is 1. The molecule has 5 heteroatoms. The van der Waals surface area contributed by atoms with E-state index >= 15 is 0 Å². The van der Waals surface area contributed by atoms with Crippen LogP contribution in [0.25, 0.3) is 0 Å². The molecule has 14 heavy (non-hydrogen) atoms. The fraction of sp³-hybridized carbons (Fsp3) is 0.556. The van der Waals surface area contributed by atoms with Gasteiger partial charge in [-0.25, -0.2) is 0 Å². The first-order chi connectivity index (χ1) is 6.69. The summed E-state index contributed by atoms with van der Waals surface area (Å²) in [6.45, 7) is 2.45. The first-order valence-electron chi connectivity index (χ1n) is 4.68. The highest BCUT2D eigenvalue weighted by Crippen LogP contribution is 1.97. The topological polar surface area (TPSA) is 72.9 Å². The second-order valence-corrected chi connectivity index (χ2v) is 3.15. The number of amides is 1. The number of rotatable bonds is 4. The van der Waals surface area contributed by atoms with Crippen LogP contribution in [0, 0.1) is 0 Å². The zero-order chi connectivity index (χ0) is 10.6. The maximum atomic E-state index is 11.6. The molecule has 0 saturated carbocycles. The van der Waals surface area contributed by atoms with Crippen LogP contribution in [-0.4, -0.2) is 28.3 Å². The monoisotopic (exact) mass is 196 g/mol. The maximum Gasteiger partial charge on any atom is 0.269 e. The Balaban J connectivity index is 2.63. The number of carbonyl (C=O) groups is 1. The summed E-state index contributed by atoms with van der Waals surface area (Å²) < 4.78 is 1.54. The molecular weight excluding hydrogens is 180 g/mol. The minimum atomic E-state index is -0.123. The molecule has 0 radical (unpaired) electrons. The van der Waals surface area contributed by atoms with Crippen molar-refractivity contribution in [2.45, 2.75) is 19.4 Å². The van der Waals surface area contributed by atoms with Crippen molar-refractivity contribution in [3.63, 3.8) is 0 Å². The third-order valence-electron chi connectivity index (χ3n) is 2.17. The highest BCUT2D eigenvalue weighted by atomic mass is 16.2. The Hall–Kier alpha value is -1.36. The highest BCUT2D eigenvalue weighted by molar-refractivity contribution is 5.92. The summed E-state index contributed by atoms with van der Waals surface area (Å²) >= 11 is 0. The maximum absolute atomic E-state index is 11.6. The fourth-order valence-electron chi connectivity index (χ4n) is 1.18. The molecule has 0 aliphatic rings. The summed E-state index contributed by atoms with van der Waals surface area (Å²) in [5.74, 6) is -0.123. The van der Waals surface area contributed by atoms with Crippen LogP contribution in [0.4, 0.5) is 0 Å². The molecule has 0 aromatic carbocycles. The van der Waals surface area contributed by atoms with Gasteiger partial charge >= 0.3 is 0 Å². The van der Waals surface area contributed by atoms with Crippen molar-refractivity contribution in [3.8, 4) is 0 Å². The fourth-order valence-corrected chi connectivity index (χ4v) is 1.18. The standard InChI is InChI=1S/C9H16N4O/c1-3-7(6-10)12-9(14)8-4-5-11-13(8)2/h4-5,7H,3,6,10H2,1-2H3,(H,12,14). The Kier molecular flexibility index (Phi) is 3.64. The van der Waals surface area contributed by atoms with Gasteiger partial charge in [-0.05, 0) is 12.5 Å². The van der Waals surface area contributed by atoms with Gasteiger partial charge in [-0.2, -0.15) is 5.10 Å². The van der Waals surface area contributed by atoms with Crippen LogP contribution in [0.5, 0.6) is 0 Å². The molecule has 0 aliphatic heterocycles. The highest BCUT2D eigenvalue weighted by Gasteiger charge is 2.13. The quantitative estimate of drug-likeness (QED) is 0.705. The summed E-state index contributed by atoms with van der Waals surface area (Å²) in [6.07, 6.45) is 2.43. The minimum Gasteiger partial charge on any atom is -0.347 e. The number of hydrogen-bond donors (Lipinski definition) is 2. The van der Waals surface area contributed by atoms with Crippen LogP contribution in [0.1, 0.15) is 23.8 Å². The van der Waals surface area contributed by atoms with Gasteiger partial charge in [0.25, 0.3) is 5.91 Å². The molecule has 1 heterocycles. The summed E-state index contributed by atoms with van der Waals surface area (Å²) in [4.78, 5) is 11.6. The Morgan fingerprint density at radius 2 is 2.50 bits per heavy atom. The zero-order valence-corrected chi connectivity index (χ0v) is 8.53. The van der Waals surface area contributed by atoms with Crippen LogP contribution >= 0.6 is 0 Å². The lowest BCUT2D eigenvalue weighted by molar-refractivity contribution is 0.0927. The largest absolute Gasteiger partial charge is 0.347 e. The van der Waals surface area contributed by atoms with Gasteiger partial charge in [0.2, 0.25) is 0 Å². The van der Waals surface area contributed by atoms with Crippen molar-refractivity contribution in [2.24, 2.45) is 12.8 Å². The second kappa shape index (κ2) is 4.76. The van der Waals surface area contributed by atoms with E-state index in [1.54, 1.807) is 24.0 Å². The van der Waals surface area contributed by atoms with Gasteiger partial charge in [0.15, 0.2) is 0 Å². The number of aromatic nitrogens is 2. The predicted octanol–water partition coefficient (Wildman–Crippen LogP) is -0.113. The Bertz CT molecular complexity index is 304. The lowest BCUT2D eigenvalue weighted by atomic mass is 10.2. The molecular formula is C9H16N4O. The molecule has 0 bridgehead atoms. The molecule has 0 aliphatic carbocycles. The third-order valence-corrected chi connectivity index (χ3v) is 2.17. The lowest BCUT2D eigenvalue weighted by Gasteiger charge is -2.14. The molecule has 1 atom stereocenters. The molecule has 1 unspecified atom stereocenters. The van der Waals surface area contributed by atoms with Crippen LogP contribution in [-0.2, 0) is 7.05 Å². The van der Waals surface area contributed by atoms with Crippen LogP contribution in [0.15, 0.2) is 12.3 Å². The third kappa shape index (κ3) is 2.32. The van der Waals surface area contributed by atoms with Gasteiger partial charge in [0.05, 0.1) is 0 Å². The van der Waals surface area contributed by atoms with Gasteiger partial charge in [0.1, 0.15) is 5.69 Å². The second-order valence-electron chi connectivity index (χ2n) is 3.15. The van der Waals surface area contributed by atoms with E-state index in [-0.39, 0.29) is 11.9 Å². The minimum absolute atomic E-state index is 0.0393. The smallest absolute Gasteiger partial charge is 0.269 e. The molecule has 0 spiro atoms. The molecule has 0 saturated heterocycles. The average molecular weight is 196 g/mol. The Morgan fingerprint density at radius 1 is 1.79 bits per heavy atom. The van der Waals surface area contributed by atoms with Crippen molar-refractivity contribution >= 4 is 5.91 Å². The van der Waals surface area contributed by atoms with E-state index in [9.17, 15) is 4.79 Å². The molecule has 1 aromatic rings. The van der Waals surface area contributed by atoms with E-state index in [4.69, 9.17) is 5.73 Å². The van der Waals surface area contributed by atoms with E-state index in [0.717, 1.165) is 6.42 Å². The number of hydrogen-bond acceptors (Lipinski definition) is 3. The van der Waals surface area contributed by atoms with Gasteiger partial charge in [-0.3, -0.25) is 9.48 Å². The summed E-state index contributed by atoms with van der Waals surface area (Å²) in [5.41, 5.74) is 6.04. The molecule has 78 valence electrons. The van der Waals surface area contributed by atoms with Crippen LogP contribution in [0.2, 0.25) is 0 Å². The van der Waals surface area contributed by atoms with Crippen molar-refractivity contribution in [2.75, 3.05) is 6.54 Å². The van der Waals surface area contributed by atoms with Crippen molar-refractivity contribution < 1.29 is 4.79 Å². The van der Waals surface area contributed by atoms with Gasteiger partial charge in [-0.15, -0.1) is 0 Å². The molecule has 0 fully saturated rings. The van der Waals surface area contributed by atoms with E-state index in [1.807, 2.05) is 6.92 Å². The van der Waals surface area contributed by atoms with E-state index in [2.05, 4.69) is 10.4 Å². The number of nitrogens with zero attached hydrogens (tertiary/aromatic N) is 2. The molecule has 1 rings (SSSR count). The van der Waals surface area contributed by atoms with Gasteiger partial charge < -0.3 is 11.1 Å². The van der Waals surface area contributed by atoms with Crippen LogP contribution in [0.3, 0.4) is 0 Å². The Labute approximate surface area is 83.3 Å². The molecule has 1 aromatic heterocycles. The summed E-state index contributed by atoms with van der Waals surface area (Å²) in [6, 6.07) is 1.72. The van der Waals surface area contributed by atoms with Gasteiger partial charge in [-0.1, -0.05) is 6.92 Å². The molecule has 5 nitrogen and oxygen atoms in total. The first kappa shape index (κ1) is 10.7. The van der Waals surface area contributed by atoms with Crippen molar-refractivity contribution in [1.82, 2.24) is 15.1 Å². The van der Waals surface area contributed by atoms with Crippen molar-refractivity contribution in [1.29, 1.82) is 0 Å². The average Bonchev–Trinajstić information content (AvgIpc) is 2.60. The van der Waals surface area contributed by atoms with E-state index in [0.29, 0.717) is 12.2 Å². The first-order valence-corrected chi connectivity index (χ1v) is 4.68. The summed E-state index contributed by atoms with van der Waals surface area (Å²) in [7, 11) is 1.73. The SMILES string of the molecule is CCC(CN)NC(=O)c1ccnn1C. The number of nitrogens with one attached hydrogen (secondary N) is 1. The van der Waals surface area contributed by atoms with Crippen LogP contribution < -0.4 is 11.1 Å². The molecule has 3 N–H and O–H groups in total. The predicted molar refractivity (Wildman–Crippen MR) is 53.8 cm³/mol. The number of nitrogens with two attached hydrogens (primary N) is 1. The lowest BCUT2D eigenvalue weighted by Crippen LogP contribution is -2.40. The Morgan fingerprint density at radius 3 is 2.93 bits per heavy atom. The van der Waals surface area contributed by atoms with E-state index in [1.165, 1.54) is 0 Å². The summed E-state index contributed by atoms with van der Waals surface area (Å²) in [5, 5.41) is 6.76. The van der Waals surface area contributed by atoms with E-state index < -0.39 is 0 Å². The van der Waals surface area contributed by atoms with Gasteiger partial charge in [0, 0.05) is 25.8 Å². The molecule has 1 amide bonds. The number of carbonyl (C=O) groups excluding carboxylic acids is 1. The normalized spacial score (nSPS) is 12.5. The van der Waals surface area contributed by atoms with Crippen molar-refractivity contribution in [3.05, 3.63) is 18.0 Å².